The number of imidazole rings is 1. The Labute approximate surface area is 133 Å². The zero-order chi connectivity index (χ0) is 16.2. The first kappa shape index (κ1) is 15.1. The Morgan fingerprint density at radius 1 is 1.39 bits per heavy atom. The van der Waals surface area contributed by atoms with E-state index in [0.717, 1.165) is 5.56 Å². The van der Waals surface area contributed by atoms with Crippen LogP contribution in [0.5, 0.6) is 0 Å². The van der Waals surface area contributed by atoms with E-state index in [1.165, 1.54) is 13.4 Å². The molecule has 0 fully saturated rings. The number of rotatable bonds is 5. The summed E-state index contributed by atoms with van der Waals surface area (Å²) < 4.78 is 11.8. The fourth-order valence-corrected chi connectivity index (χ4v) is 2.34. The Bertz CT molecular complexity index is 792. The van der Waals surface area contributed by atoms with Crippen LogP contribution in [0.15, 0.2) is 59.5 Å². The topological polar surface area (TPSA) is 77.5 Å². The first-order valence-electron chi connectivity index (χ1n) is 7.09. The normalized spacial score (nSPS) is 12.1. The molecular formula is C17H16N2O4. The lowest BCUT2D eigenvalue weighted by molar-refractivity contribution is 0.0600. The maximum atomic E-state index is 11.4. The van der Waals surface area contributed by atoms with Crippen molar-refractivity contribution < 1.29 is 19.1 Å². The lowest BCUT2D eigenvalue weighted by Crippen LogP contribution is -2.10. The molecule has 0 aliphatic rings. The van der Waals surface area contributed by atoms with E-state index < -0.39 is 12.1 Å². The lowest BCUT2D eigenvalue weighted by Gasteiger charge is -2.12. The van der Waals surface area contributed by atoms with Gasteiger partial charge in [-0.25, -0.2) is 9.78 Å². The number of ether oxygens (including phenoxy) is 1. The van der Waals surface area contributed by atoms with Crippen LogP contribution in [0.25, 0.3) is 0 Å². The zero-order valence-corrected chi connectivity index (χ0v) is 12.5. The number of carbonyl (C=O) groups is 1. The summed E-state index contributed by atoms with van der Waals surface area (Å²) in [7, 11) is 1.32. The summed E-state index contributed by atoms with van der Waals surface area (Å²) in [6.45, 7) is 0.357. The highest BCUT2D eigenvalue weighted by atomic mass is 16.5. The molecule has 1 aromatic carbocycles. The molecule has 0 unspecified atom stereocenters. The number of methoxy groups -OCH3 is 1. The van der Waals surface area contributed by atoms with Crippen molar-refractivity contribution in [2.75, 3.05) is 7.11 Å². The van der Waals surface area contributed by atoms with Gasteiger partial charge in [0.15, 0.2) is 0 Å². The molecule has 0 saturated carbocycles. The SMILES string of the molecule is COC(=O)c1coc(Cn2ccnc2[C@@H](O)c2ccccc2)c1. The Morgan fingerprint density at radius 2 is 2.17 bits per heavy atom. The van der Waals surface area contributed by atoms with Gasteiger partial charge in [0.25, 0.3) is 0 Å². The molecule has 0 saturated heterocycles. The fourth-order valence-electron chi connectivity index (χ4n) is 2.34. The third-order valence-electron chi connectivity index (χ3n) is 3.51. The van der Waals surface area contributed by atoms with Gasteiger partial charge in [0, 0.05) is 12.4 Å². The molecular weight excluding hydrogens is 296 g/mol. The molecule has 6 heteroatoms. The zero-order valence-electron chi connectivity index (χ0n) is 12.5. The van der Waals surface area contributed by atoms with E-state index in [2.05, 4.69) is 9.72 Å². The van der Waals surface area contributed by atoms with E-state index in [1.54, 1.807) is 23.0 Å². The molecule has 2 aromatic heterocycles. The Kier molecular flexibility index (Phi) is 4.25. The van der Waals surface area contributed by atoms with Crippen LogP contribution in [0, 0.1) is 0 Å². The monoisotopic (exact) mass is 312 g/mol. The summed E-state index contributed by atoms with van der Waals surface area (Å²) in [6, 6.07) is 10.9. The highest BCUT2D eigenvalue weighted by molar-refractivity contribution is 5.88. The first-order chi connectivity index (χ1) is 11.2. The second-order valence-corrected chi connectivity index (χ2v) is 5.02. The summed E-state index contributed by atoms with van der Waals surface area (Å²) in [5, 5.41) is 10.5. The van der Waals surface area contributed by atoms with Gasteiger partial charge >= 0.3 is 5.97 Å². The molecule has 0 bridgehead atoms. The molecule has 3 rings (SSSR count). The van der Waals surface area contributed by atoms with Crippen LogP contribution in [0.2, 0.25) is 0 Å². The number of aliphatic hydroxyl groups excluding tert-OH is 1. The van der Waals surface area contributed by atoms with Gasteiger partial charge in [-0.15, -0.1) is 0 Å². The minimum absolute atomic E-state index is 0.354. The molecule has 6 nitrogen and oxygen atoms in total. The van der Waals surface area contributed by atoms with Gasteiger partial charge in [-0.05, 0) is 11.6 Å². The average molecular weight is 312 g/mol. The van der Waals surface area contributed by atoms with Crippen molar-refractivity contribution in [3.63, 3.8) is 0 Å². The quantitative estimate of drug-likeness (QED) is 0.732. The van der Waals surface area contributed by atoms with Crippen LogP contribution in [-0.2, 0) is 11.3 Å². The average Bonchev–Trinajstić information content (AvgIpc) is 3.24. The summed E-state index contributed by atoms with van der Waals surface area (Å²) in [4.78, 5) is 15.7. The van der Waals surface area contributed by atoms with Crippen LogP contribution in [0.1, 0.15) is 33.6 Å². The van der Waals surface area contributed by atoms with Gasteiger partial charge in [-0.3, -0.25) is 0 Å². The van der Waals surface area contributed by atoms with Crippen LogP contribution in [0.4, 0.5) is 0 Å². The molecule has 1 N–H and O–H groups in total. The van der Waals surface area contributed by atoms with Crippen molar-refractivity contribution in [2.24, 2.45) is 0 Å². The van der Waals surface area contributed by atoms with E-state index in [4.69, 9.17) is 4.42 Å². The van der Waals surface area contributed by atoms with E-state index >= 15 is 0 Å². The lowest BCUT2D eigenvalue weighted by atomic mass is 10.1. The molecule has 0 amide bonds. The van der Waals surface area contributed by atoms with E-state index in [0.29, 0.717) is 23.7 Å². The summed E-state index contributed by atoms with van der Waals surface area (Å²) in [6.07, 6.45) is 3.89. The van der Waals surface area contributed by atoms with Gasteiger partial charge < -0.3 is 18.8 Å². The summed E-state index contributed by atoms with van der Waals surface area (Å²) in [5.41, 5.74) is 1.11. The van der Waals surface area contributed by atoms with Gasteiger partial charge in [0.2, 0.25) is 0 Å². The van der Waals surface area contributed by atoms with Crippen molar-refractivity contribution in [2.45, 2.75) is 12.6 Å². The molecule has 0 spiro atoms. The van der Waals surface area contributed by atoms with E-state index in [9.17, 15) is 9.90 Å². The maximum Gasteiger partial charge on any atom is 0.341 e. The number of hydrogen-bond acceptors (Lipinski definition) is 5. The standard InChI is InChI=1S/C17H16N2O4/c1-22-17(21)13-9-14(23-11-13)10-19-8-7-18-16(19)15(20)12-5-3-2-4-6-12/h2-9,11,15,20H,10H2,1H3/t15-/m0/s1. The Balaban J connectivity index is 1.81. The minimum Gasteiger partial charge on any atom is -0.467 e. The van der Waals surface area contributed by atoms with Crippen molar-refractivity contribution in [3.8, 4) is 0 Å². The molecule has 3 aromatic rings. The number of nitrogens with zero attached hydrogens (tertiary/aromatic N) is 2. The van der Waals surface area contributed by atoms with Gasteiger partial charge in [0.1, 0.15) is 24.0 Å². The molecule has 0 aliphatic heterocycles. The Morgan fingerprint density at radius 3 is 2.91 bits per heavy atom. The number of benzene rings is 1. The van der Waals surface area contributed by atoms with Crippen LogP contribution < -0.4 is 0 Å². The van der Waals surface area contributed by atoms with Crippen LogP contribution in [-0.4, -0.2) is 27.7 Å². The number of esters is 1. The highest BCUT2D eigenvalue weighted by Crippen LogP contribution is 2.21. The number of aromatic nitrogens is 2. The summed E-state index contributed by atoms with van der Waals surface area (Å²) >= 11 is 0. The molecule has 0 radical (unpaired) electrons. The second kappa shape index (κ2) is 6.50. The third kappa shape index (κ3) is 3.17. The number of carbonyl (C=O) groups excluding carboxylic acids is 1. The second-order valence-electron chi connectivity index (χ2n) is 5.02. The number of aliphatic hydroxyl groups is 1. The van der Waals surface area contributed by atoms with E-state index in [1.807, 2.05) is 30.3 Å². The van der Waals surface area contributed by atoms with Crippen molar-refractivity contribution >= 4 is 5.97 Å². The highest BCUT2D eigenvalue weighted by Gasteiger charge is 2.17. The predicted octanol–water partition coefficient (Wildman–Crippen LogP) is 2.39. The third-order valence-corrected chi connectivity index (χ3v) is 3.51. The van der Waals surface area contributed by atoms with Gasteiger partial charge in [-0.1, -0.05) is 30.3 Å². The molecule has 118 valence electrons. The number of hydrogen-bond donors (Lipinski definition) is 1. The largest absolute Gasteiger partial charge is 0.467 e. The molecule has 1 atom stereocenters. The van der Waals surface area contributed by atoms with Gasteiger partial charge in [-0.2, -0.15) is 0 Å². The first-order valence-corrected chi connectivity index (χ1v) is 7.09. The van der Waals surface area contributed by atoms with E-state index in [-0.39, 0.29) is 0 Å². The molecule has 23 heavy (non-hydrogen) atoms. The number of furan rings is 1. The smallest absolute Gasteiger partial charge is 0.341 e. The van der Waals surface area contributed by atoms with Crippen LogP contribution >= 0.6 is 0 Å². The maximum absolute atomic E-state index is 11.4. The fraction of sp³-hybridized carbons (Fsp3) is 0.176. The summed E-state index contributed by atoms with van der Waals surface area (Å²) in [5.74, 6) is 0.632. The molecule has 2 heterocycles. The predicted molar refractivity (Wildman–Crippen MR) is 81.9 cm³/mol. The Hall–Kier alpha value is -2.86. The van der Waals surface area contributed by atoms with Gasteiger partial charge in [0.05, 0.1) is 19.2 Å². The minimum atomic E-state index is -0.832. The van der Waals surface area contributed by atoms with Crippen molar-refractivity contribution in [1.82, 2.24) is 9.55 Å². The van der Waals surface area contributed by atoms with Crippen molar-refractivity contribution in [1.29, 1.82) is 0 Å². The molecule has 0 aliphatic carbocycles. The van der Waals surface area contributed by atoms with Crippen molar-refractivity contribution in [3.05, 3.63) is 77.8 Å². The van der Waals surface area contributed by atoms with Crippen LogP contribution in [0.3, 0.4) is 0 Å².